The van der Waals surface area contributed by atoms with Crippen LogP contribution in [0, 0.1) is 3.57 Å². The first kappa shape index (κ1) is 13.0. The lowest BCUT2D eigenvalue weighted by molar-refractivity contribution is 0.264. The van der Waals surface area contributed by atoms with Crippen LogP contribution in [0.3, 0.4) is 0 Å². The quantitative estimate of drug-likeness (QED) is 0.545. The molecule has 0 fully saturated rings. The zero-order chi connectivity index (χ0) is 14.6. The molecular weight excluding hydrogens is 378 g/mol. The van der Waals surface area contributed by atoms with Crippen molar-refractivity contribution in [1.29, 1.82) is 0 Å². The van der Waals surface area contributed by atoms with Crippen molar-refractivity contribution in [2.75, 3.05) is 6.61 Å². The fourth-order valence-corrected chi connectivity index (χ4v) is 3.43. The molecule has 1 spiro atoms. The number of nitrogens with zero attached hydrogens (tertiary/aromatic N) is 1. The van der Waals surface area contributed by atoms with Crippen LogP contribution in [0.25, 0.3) is 0 Å². The summed E-state index contributed by atoms with van der Waals surface area (Å²) in [6.07, 6.45) is 0. The van der Waals surface area contributed by atoms with Gasteiger partial charge in [-0.05, 0) is 46.9 Å². The molecule has 4 rings (SSSR count). The van der Waals surface area contributed by atoms with Crippen molar-refractivity contribution >= 4 is 41.9 Å². The molecule has 6 heteroatoms. The summed E-state index contributed by atoms with van der Waals surface area (Å²) in [7, 11) is 2.06. The average Bonchev–Trinajstić information content (AvgIpc) is 2.84. The number of hydrogen-bond donors (Lipinski definition) is 1. The van der Waals surface area contributed by atoms with Crippen molar-refractivity contribution in [1.82, 2.24) is 0 Å². The van der Waals surface area contributed by atoms with Gasteiger partial charge in [0.1, 0.15) is 26.0 Å². The third-order valence-corrected chi connectivity index (χ3v) is 4.59. The van der Waals surface area contributed by atoms with Crippen LogP contribution in [0.5, 0.6) is 11.5 Å². The van der Waals surface area contributed by atoms with Gasteiger partial charge in [0.05, 0.1) is 0 Å². The van der Waals surface area contributed by atoms with E-state index in [0.29, 0.717) is 6.61 Å². The van der Waals surface area contributed by atoms with Gasteiger partial charge in [-0.25, -0.2) is 4.99 Å². The lowest BCUT2D eigenvalue weighted by Gasteiger charge is -2.33. The Labute approximate surface area is 136 Å². The van der Waals surface area contributed by atoms with Gasteiger partial charge in [-0.2, -0.15) is 0 Å². The Kier molecular flexibility index (Phi) is 2.72. The summed E-state index contributed by atoms with van der Waals surface area (Å²) in [5.41, 5.74) is 8.40. The third-order valence-electron chi connectivity index (χ3n) is 3.92. The highest BCUT2D eigenvalue weighted by Gasteiger charge is 2.46. The number of aliphatic imine (C=N–C) groups is 1. The normalized spacial score (nSPS) is 22.0. The van der Waals surface area contributed by atoms with E-state index < -0.39 is 5.54 Å². The highest BCUT2D eigenvalue weighted by molar-refractivity contribution is 14.1. The van der Waals surface area contributed by atoms with Gasteiger partial charge in [0.2, 0.25) is 0 Å². The maximum atomic E-state index is 6.04. The van der Waals surface area contributed by atoms with E-state index in [1.165, 1.54) is 0 Å². The number of ether oxygens (including phenoxy) is 2. The van der Waals surface area contributed by atoms with Crippen LogP contribution in [0.1, 0.15) is 11.1 Å². The fraction of sp³-hybridized carbons (Fsp3) is 0.133. The van der Waals surface area contributed by atoms with Crippen molar-refractivity contribution in [2.45, 2.75) is 5.54 Å². The van der Waals surface area contributed by atoms with Crippen molar-refractivity contribution in [3.8, 4) is 11.5 Å². The van der Waals surface area contributed by atoms with Gasteiger partial charge in [-0.1, -0.05) is 17.6 Å². The number of halogens is 1. The molecule has 0 bridgehead atoms. The summed E-state index contributed by atoms with van der Waals surface area (Å²) >= 11 is 2.29. The molecule has 0 amide bonds. The van der Waals surface area contributed by atoms with Crippen LogP contribution in [0.2, 0.25) is 0 Å². The van der Waals surface area contributed by atoms with E-state index in [2.05, 4.69) is 47.6 Å². The van der Waals surface area contributed by atoms with Crippen molar-refractivity contribution in [3.05, 3.63) is 51.1 Å². The molecule has 1 unspecified atom stereocenters. The number of benzene rings is 2. The van der Waals surface area contributed by atoms with E-state index in [-0.39, 0.29) is 6.02 Å². The molecule has 104 valence electrons. The third kappa shape index (κ3) is 1.85. The second-order valence-corrected chi connectivity index (χ2v) is 6.59. The smallest absolute Gasteiger partial charge is 0.283 e. The van der Waals surface area contributed by atoms with Crippen molar-refractivity contribution < 1.29 is 9.47 Å². The first-order chi connectivity index (χ1) is 10.1. The maximum Gasteiger partial charge on any atom is 0.283 e. The van der Waals surface area contributed by atoms with Crippen molar-refractivity contribution in [2.24, 2.45) is 10.7 Å². The summed E-state index contributed by atoms with van der Waals surface area (Å²) < 4.78 is 12.7. The summed E-state index contributed by atoms with van der Waals surface area (Å²) in [6, 6.07) is 12.4. The Bertz CT molecular complexity index is 740. The van der Waals surface area contributed by atoms with Gasteiger partial charge >= 0.3 is 0 Å². The second-order valence-electron chi connectivity index (χ2n) is 5.34. The minimum absolute atomic E-state index is 0.231. The van der Waals surface area contributed by atoms with E-state index in [1.54, 1.807) is 0 Å². The predicted octanol–water partition coefficient (Wildman–Crippen LogP) is 1.24. The SMILES string of the molecule is Bc1ccc2c(c1)C1(COC(N)=N1)c1cc(I)ccc1O2. The zero-order valence-corrected chi connectivity index (χ0v) is 13.5. The fourth-order valence-electron chi connectivity index (χ4n) is 2.94. The standard InChI is InChI=1S/C15H12BIN2O2/c16-8-1-3-12-10(5-8)15(7-20-14(18)19-15)11-6-9(17)2-4-13(11)21-12/h1-6H,7,16H2,(H2,18,19). The molecule has 2 heterocycles. The second kappa shape index (κ2) is 4.40. The van der Waals surface area contributed by atoms with E-state index in [9.17, 15) is 0 Å². The van der Waals surface area contributed by atoms with Crippen LogP contribution >= 0.6 is 22.6 Å². The number of hydrogen-bond acceptors (Lipinski definition) is 4. The highest BCUT2D eigenvalue weighted by atomic mass is 127. The number of rotatable bonds is 0. The lowest BCUT2D eigenvalue weighted by atomic mass is 9.79. The maximum absolute atomic E-state index is 6.04. The van der Waals surface area contributed by atoms with E-state index >= 15 is 0 Å². The number of fused-ring (bicyclic) bond motifs is 4. The van der Waals surface area contributed by atoms with Gasteiger partial charge in [0, 0.05) is 14.7 Å². The Balaban J connectivity index is 2.05. The molecule has 4 nitrogen and oxygen atoms in total. The Morgan fingerprint density at radius 1 is 1.14 bits per heavy atom. The van der Waals surface area contributed by atoms with E-state index in [0.717, 1.165) is 31.7 Å². The van der Waals surface area contributed by atoms with Gasteiger partial charge in [0.15, 0.2) is 5.54 Å². The molecule has 2 aromatic carbocycles. The highest BCUT2D eigenvalue weighted by Crippen LogP contribution is 2.50. The molecule has 21 heavy (non-hydrogen) atoms. The molecule has 0 saturated heterocycles. The van der Waals surface area contributed by atoms with Gasteiger partial charge < -0.3 is 15.2 Å². The van der Waals surface area contributed by atoms with Gasteiger partial charge in [-0.3, -0.25) is 0 Å². The summed E-state index contributed by atoms with van der Waals surface area (Å²) in [6.45, 7) is 0.408. The van der Waals surface area contributed by atoms with E-state index in [1.807, 2.05) is 24.3 Å². The molecule has 2 aliphatic rings. The summed E-state index contributed by atoms with van der Waals surface area (Å²) in [5.74, 6) is 1.63. The van der Waals surface area contributed by atoms with Crippen LogP contribution in [0.15, 0.2) is 41.4 Å². The molecule has 1 atom stereocenters. The molecule has 2 N–H and O–H groups in total. The van der Waals surface area contributed by atoms with Crippen LogP contribution < -0.4 is 15.9 Å². The number of nitrogens with two attached hydrogens (primary N) is 1. The molecule has 0 aromatic heterocycles. The molecular formula is C15H12BIN2O2. The van der Waals surface area contributed by atoms with E-state index in [4.69, 9.17) is 15.2 Å². The largest absolute Gasteiger partial charge is 0.462 e. The Morgan fingerprint density at radius 2 is 1.86 bits per heavy atom. The lowest BCUT2D eigenvalue weighted by Crippen LogP contribution is -2.32. The minimum atomic E-state index is -0.597. The molecule has 0 aliphatic carbocycles. The first-order valence-corrected chi connectivity index (χ1v) is 7.73. The van der Waals surface area contributed by atoms with Gasteiger partial charge in [-0.15, -0.1) is 0 Å². The monoisotopic (exact) mass is 390 g/mol. The molecule has 0 saturated carbocycles. The van der Waals surface area contributed by atoms with Crippen molar-refractivity contribution in [3.63, 3.8) is 0 Å². The number of amidine groups is 1. The first-order valence-electron chi connectivity index (χ1n) is 6.66. The Morgan fingerprint density at radius 3 is 2.57 bits per heavy atom. The molecule has 0 radical (unpaired) electrons. The zero-order valence-electron chi connectivity index (χ0n) is 11.4. The summed E-state index contributed by atoms with van der Waals surface area (Å²) in [4.78, 5) is 4.63. The molecule has 2 aromatic rings. The average molecular weight is 390 g/mol. The Hall–Kier alpha value is -1.70. The predicted molar refractivity (Wildman–Crippen MR) is 92.2 cm³/mol. The minimum Gasteiger partial charge on any atom is -0.462 e. The van der Waals surface area contributed by atoms with Crippen LogP contribution in [0.4, 0.5) is 0 Å². The topological polar surface area (TPSA) is 56.8 Å². The summed E-state index contributed by atoms with van der Waals surface area (Å²) in [5, 5.41) is 0. The van der Waals surface area contributed by atoms with Gasteiger partial charge in [0.25, 0.3) is 6.02 Å². The molecule has 2 aliphatic heterocycles. The van der Waals surface area contributed by atoms with Crippen LogP contribution in [-0.4, -0.2) is 20.5 Å². The van der Waals surface area contributed by atoms with Crippen LogP contribution in [-0.2, 0) is 10.3 Å².